The molecule has 0 saturated carbocycles. The monoisotopic (exact) mass is 366 g/mol. The van der Waals surface area contributed by atoms with Crippen LogP contribution in [0.25, 0.3) is 0 Å². The fourth-order valence-electron chi connectivity index (χ4n) is 3.24. The molecule has 2 aliphatic rings. The molecular weight excluding hydrogens is 348 g/mol. The van der Waals surface area contributed by atoms with Gasteiger partial charge in [0.1, 0.15) is 17.5 Å². The number of carbonyl (C=O) groups is 3. The summed E-state index contributed by atoms with van der Waals surface area (Å²) in [7, 11) is 0. The molecule has 0 radical (unpaired) electrons. The van der Waals surface area contributed by atoms with Crippen LogP contribution in [-0.4, -0.2) is 50.4 Å². The lowest BCUT2D eigenvalue weighted by Crippen LogP contribution is -2.56. The number of fused-ring (bicyclic) bond motifs is 3. The molecule has 0 unspecified atom stereocenters. The number of carbonyl (C=O) groups excluding carboxylic acids is 2. The van der Waals surface area contributed by atoms with Gasteiger partial charge in [0.25, 0.3) is 5.91 Å². The molecule has 2 amide bonds. The quantitative estimate of drug-likeness (QED) is 0.704. The first-order chi connectivity index (χ1) is 11.3. The third-order valence-electron chi connectivity index (χ3n) is 4.34. The lowest BCUT2D eigenvalue weighted by Gasteiger charge is -2.30. The second kappa shape index (κ2) is 6.00. The molecule has 3 atom stereocenters. The number of aliphatic carboxylic acids is 1. The highest BCUT2D eigenvalue weighted by Gasteiger charge is 2.57. The van der Waals surface area contributed by atoms with Crippen LogP contribution in [0.1, 0.15) is 35.1 Å². The molecule has 24 heavy (non-hydrogen) atoms. The van der Waals surface area contributed by atoms with Crippen LogP contribution in [0.4, 0.5) is 0 Å². The number of thiol groups is 1. The van der Waals surface area contributed by atoms with E-state index in [0.29, 0.717) is 5.56 Å². The van der Waals surface area contributed by atoms with Gasteiger partial charge in [0.15, 0.2) is 0 Å². The molecule has 2 N–H and O–H groups in total. The van der Waals surface area contributed by atoms with E-state index >= 15 is 0 Å². The first-order valence-electron chi connectivity index (χ1n) is 7.51. The van der Waals surface area contributed by atoms with Gasteiger partial charge in [-0.15, -0.1) is 11.8 Å². The van der Waals surface area contributed by atoms with Crippen molar-refractivity contribution in [2.75, 3.05) is 5.75 Å². The van der Waals surface area contributed by atoms with Crippen LogP contribution in [0.15, 0.2) is 24.3 Å². The number of thioether (sulfide) groups is 1. The number of carboxylic acids is 1. The van der Waals surface area contributed by atoms with Crippen molar-refractivity contribution in [2.24, 2.45) is 0 Å². The van der Waals surface area contributed by atoms with E-state index in [1.807, 2.05) is 26.0 Å². The molecule has 1 fully saturated rings. The van der Waals surface area contributed by atoms with E-state index in [9.17, 15) is 14.4 Å². The van der Waals surface area contributed by atoms with Crippen molar-refractivity contribution < 1.29 is 19.5 Å². The Kier molecular flexibility index (Phi) is 4.29. The Labute approximate surface area is 149 Å². The average molecular weight is 366 g/mol. The molecule has 8 heteroatoms. The third-order valence-corrected chi connectivity index (χ3v) is 6.24. The first-order valence-corrected chi connectivity index (χ1v) is 9.02. The van der Waals surface area contributed by atoms with Crippen LogP contribution in [0, 0.1) is 0 Å². The van der Waals surface area contributed by atoms with E-state index in [2.05, 4.69) is 17.9 Å². The molecule has 3 rings (SSSR count). The zero-order chi connectivity index (χ0) is 17.6. The van der Waals surface area contributed by atoms with Gasteiger partial charge in [-0.1, -0.05) is 18.2 Å². The van der Waals surface area contributed by atoms with Gasteiger partial charge < -0.3 is 15.3 Å². The first kappa shape index (κ1) is 17.2. The van der Waals surface area contributed by atoms with Gasteiger partial charge in [-0.05, 0) is 25.5 Å². The van der Waals surface area contributed by atoms with Gasteiger partial charge in [-0.2, -0.15) is 12.6 Å². The fraction of sp³-hybridized carbons (Fsp3) is 0.438. The summed E-state index contributed by atoms with van der Waals surface area (Å²) in [5.41, 5.74) is 1.51. The van der Waals surface area contributed by atoms with Crippen molar-refractivity contribution in [3.05, 3.63) is 35.4 Å². The predicted octanol–water partition coefficient (Wildman–Crippen LogP) is 1.53. The van der Waals surface area contributed by atoms with Crippen LogP contribution < -0.4 is 5.32 Å². The van der Waals surface area contributed by atoms with E-state index in [0.717, 1.165) is 5.56 Å². The Morgan fingerprint density at radius 1 is 1.42 bits per heavy atom. The van der Waals surface area contributed by atoms with Crippen LogP contribution in [0.5, 0.6) is 0 Å². The summed E-state index contributed by atoms with van der Waals surface area (Å²) in [6.45, 7) is 3.79. The van der Waals surface area contributed by atoms with Gasteiger partial charge in [-0.3, -0.25) is 9.59 Å². The molecule has 2 aliphatic heterocycles. The smallest absolute Gasteiger partial charge is 0.327 e. The van der Waals surface area contributed by atoms with Crippen LogP contribution in [-0.2, 0) is 9.59 Å². The average Bonchev–Trinajstić information content (AvgIpc) is 2.95. The summed E-state index contributed by atoms with van der Waals surface area (Å²) < 4.78 is -0.530. The number of hydrogen-bond donors (Lipinski definition) is 3. The minimum Gasteiger partial charge on any atom is -0.480 e. The van der Waals surface area contributed by atoms with Crippen molar-refractivity contribution >= 4 is 42.2 Å². The largest absolute Gasteiger partial charge is 0.480 e. The summed E-state index contributed by atoms with van der Waals surface area (Å²) >= 11 is 5.51. The Bertz CT molecular complexity index is 722. The zero-order valence-electron chi connectivity index (χ0n) is 13.2. The molecule has 0 bridgehead atoms. The van der Waals surface area contributed by atoms with Crippen molar-refractivity contribution in [2.45, 2.75) is 36.1 Å². The van der Waals surface area contributed by atoms with Gasteiger partial charge in [0.2, 0.25) is 5.91 Å². The molecule has 1 saturated heterocycles. The maximum Gasteiger partial charge on any atom is 0.327 e. The van der Waals surface area contributed by atoms with E-state index in [1.165, 1.54) is 0 Å². The fourth-order valence-corrected chi connectivity index (χ4v) is 5.08. The standard InChI is InChI=1S/C16H18N2O4S2/c1-16(2)11(12(19)17-10(7-23)15(21)22)18-13(20)8-5-3-4-6-9(8)14(18)24-16/h3-6,10-11,14,23H,7H2,1-2H3,(H,17,19)(H,21,22)/t10-,11+,14+/m0/s1. The van der Waals surface area contributed by atoms with Crippen LogP contribution in [0.2, 0.25) is 0 Å². The van der Waals surface area contributed by atoms with E-state index in [4.69, 9.17) is 5.11 Å². The second-order valence-electron chi connectivity index (χ2n) is 6.36. The Balaban J connectivity index is 1.93. The summed E-state index contributed by atoms with van der Waals surface area (Å²) in [4.78, 5) is 38.3. The number of rotatable bonds is 4. The van der Waals surface area contributed by atoms with E-state index in [-0.39, 0.29) is 17.0 Å². The minimum absolute atomic E-state index is 0.0149. The van der Waals surface area contributed by atoms with Gasteiger partial charge in [0, 0.05) is 16.1 Å². The maximum absolute atomic E-state index is 12.8. The summed E-state index contributed by atoms with van der Waals surface area (Å²) in [6.07, 6.45) is 0. The van der Waals surface area contributed by atoms with Gasteiger partial charge >= 0.3 is 5.97 Å². The number of carboxylic acid groups (broad SMARTS) is 1. The summed E-state index contributed by atoms with van der Waals surface area (Å²) in [5.74, 6) is -1.81. The van der Waals surface area contributed by atoms with Crippen molar-refractivity contribution in [1.29, 1.82) is 0 Å². The Morgan fingerprint density at radius 2 is 2.08 bits per heavy atom. The highest BCUT2D eigenvalue weighted by atomic mass is 32.2. The topological polar surface area (TPSA) is 86.7 Å². The maximum atomic E-state index is 12.8. The molecule has 0 spiro atoms. The summed E-state index contributed by atoms with van der Waals surface area (Å²) in [5, 5.41) is 11.4. The van der Waals surface area contributed by atoms with Gasteiger partial charge in [-0.25, -0.2) is 4.79 Å². The normalized spacial score (nSPS) is 25.1. The molecule has 128 valence electrons. The van der Waals surface area contributed by atoms with Gasteiger partial charge in [0.05, 0.1) is 0 Å². The SMILES string of the molecule is CC1(C)S[C@@H]2c3ccccc3C(=O)N2[C@@H]1C(=O)N[C@@H](CS)C(=O)O. The van der Waals surface area contributed by atoms with Crippen LogP contribution >= 0.6 is 24.4 Å². The number of amides is 2. The lowest BCUT2D eigenvalue weighted by molar-refractivity contribution is -0.141. The van der Waals surface area contributed by atoms with Crippen molar-refractivity contribution in [3.8, 4) is 0 Å². The molecule has 2 heterocycles. The molecule has 6 nitrogen and oxygen atoms in total. The number of hydrogen-bond acceptors (Lipinski definition) is 5. The molecule has 0 aromatic heterocycles. The number of nitrogens with one attached hydrogen (secondary N) is 1. The Morgan fingerprint density at radius 3 is 2.71 bits per heavy atom. The van der Waals surface area contributed by atoms with E-state index in [1.54, 1.807) is 28.8 Å². The lowest BCUT2D eigenvalue weighted by atomic mass is 10.0. The summed E-state index contributed by atoms with van der Waals surface area (Å²) in [6, 6.07) is 5.50. The number of benzene rings is 1. The number of nitrogens with zero attached hydrogens (tertiary/aromatic N) is 1. The third kappa shape index (κ3) is 2.57. The molecule has 0 aliphatic carbocycles. The highest BCUT2D eigenvalue weighted by molar-refractivity contribution is 8.01. The van der Waals surface area contributed by atoms with Crippen molar-refractivity contribution in [1.82, 2.24) is 10.2 Å². The highest BCUT2D eigenvalue weighted by Crippen LogP contribution is 2.56. The Hall–Kier alpha value is -1.67. The predicted molar refractivity (Wildman–Crippen MR) is 94.2 cm³/mol. The zero-order valence-corrected chi connectivity index (χ0v) is 14.9. The molecule has 1 aromatic rings. The van der Waals surface area contributed by atoms with Crippen molar-refractivity contribution in [3.63, 3.8) is 0 Å². The molecule has 1 aromatic carbocycles. The second-order valence-corrected chi connectivity index (χ2v) is 8.46. The molecular formula is C16H18N2O4S2. The van der Waals surface area contributed by atoms with E-state index < -0.39 is 28.7 Å². The minimum atomic E-state index is -1.14. The van der Waals surface area contributed by atoms with Crippen LogP contribution in [0.3, 0.4) is 0 Å².